The molecule has 3 unspecified atom stereocenters. The molecule has 9 N–H and O–H groups in total. The van der Waals surface area contributed by atoms with E-state index in [1.807, 2.05) is 0 Å². The van der Waals surface area contributed by atoms with Crippen molar-refractivity contribution in [1.82, 2.24) is 16.0 Å². The van der Waals surface area contributed by atoms with E-state index in [9.17, 15) is 29.1 Å². The highest BCUT2D eigenvalue weighted by Crippen LogP contribution is 2.11. The molecule has 1 aromatic rings. The molecule has 31 heavy (non-hydrogen) atoms. The average Bonchev–Trinajstić information content (AvgIpc) is 2.71. The van der Waals surface area contributed by atoms with E-state index in [1.54, 1.807) is 12.1 Å². The normalized spacial score (nSPS) is 13.4. The number of rotatable bonds is 12. The lowest BCUT2D eigenvalue weighted by atomic mass is 10.0. The first kappa shape index (κ1) is 25.7. The van der Waals surface area contributed by atoms with Crippen LogP contribution in [-0.4, -0.2) is 70.2 Å². The lowest BCUT2D eigenvalue weighted by molar-refractivity contribution is -0.143. The first-order valence-corrected chi connectivity index (χ1v) is 9.69. The van der Waals surface area contributed by atoms with Gasteiger partial charge < -0.3 is 37.6 Å². The number of carboxylic acids is 1. The molecule has 0 aromatic heterocycles. The second-order valence-corrected chi connectivity index (χ2v) is 6.93. The molecule has 13 heteroatoms. The van der Waals surface area contributed by atoms with Crippen LogP contribution in [0, 0.1) is 0 Å². The van der Waals surface area contributed by atoms with Gasteiger partial charge in [0.15, 0.2) is 0 Å². The maximum atomic E-state index is 12.6. The van der Waals surface area contributed by atoms with Crippen molar-refractivity contribution in [3.63, 3.8) is 0 Å². The van der Waals surface area contributed by atoms with Crippen molar-refractivity contribution in [3.8, 4) is 5.75 Å². The van der Waals surface area contributed by atoms with Gasteiger partial charge in [0, 0.05) is 12.2 Å². The Morgan fingerprint density at radius 3 is 2.13 bits per heavy atom. The van der Waals surface area contributed by atoms with E-state index in [4.69, 9.17) is 16.6 Å². The van der Waals surface area contributed by atoms with Crippen LogP contribution in [0.15, 0.2) is 24.3 Å². The first-order valence-electron chi connectivity index (χ1n) is 9.06. The molecule has 0 saturated heterocycles. The molecule has 3 atom stereocenters. The molecule has 0 aliphatic heterocycles. The van der Waals surface area contributed by atoms with Gasteiger partial charge >= 0.3 is 5.97 Å². The predicted octanol–water partition coefficient (Wildman–Crippen LogP) is -2.76. The van der Waals surface area contributed by atoms with E-state index in [2.05, 4.69) is 28.6 Å². The minimum atomic E-state index is -1.54. The second kappa shape index (κ2) is 12.4. The van der Waals surface area contributed by atoms with E-state index in [0.29, 0.717) is 5.56 Å². The lowest BCUT2D eigenvalue weighted by Crippen LogP contribution is -2.54. The molecule has 0 heterocycles. The minimum absolute atomic E-state index is 0.0199. The van der Waals surface area contributed by atoms with Gasteiger partial charge in [-0.3, -0.25) is 19.2 Å². The molecule has 0 fully saturated rings. The number of thiol groups is 1. The van der Waals surface area contributed by atoms with E-state index < -0.39 is 60.7 Å². The van der Waals surface area contributed by atoms with Gasteiger partial charge in [0.25, 0.3) is 0 Å². The Labute approximate surface area is 183 Å². The molecule has 1 aromatic carbocycles. The number of carbonyl (C=O) groups excluding carboxylic acids is 4. The van der Waals surface area contributed by atoms with Crippen LogP contribution >= 0.6 is 12.6 Å². The zero-order valence-corrected chi connectivity index (χ0v) is 17.3. The molecule has 4 amide bonds. The minimum Gasteiger partial charge on any atom is -0.508 e. The summed E-state index contributed by atoms with van der Waals surface area (Å²) in [4.78, 5) is 58.6. The first-order chi connectivity index (χ1) is 14.5. The Bertz CT molecular complexity index is 818. The standard InChI is InChI=1S/C18H25N5O7S/c19-11(8-31)16(27)23-12(5-9-1-3-10(24)4-2-9)17(28)21-7-15(26)22-13(18(29)30)6-14(20)25/h1-4,11-13,24,31H,5-8,19H2,(H2,20,25)(H,21,28)(H,22,26)(H,23,27)(H,29,30). The third-order valence-electron chi connectivity index (χ3n) is 4.00. The van der Waals surface area contributed by atoms with Gasteiger partial charge in [-0.05, 0) is 17.7 Å². The molecule has 0 aliphatic carbocycles. The number of primary amides is 1. The summed E-state index contributed by atoms with van der Waals surface area (Å²) in [5.41, 5.74) is 11.2. The quantitative estimate of drug-likeness (QED) is 0.154. The number of phenols is 1. The number of amides is 4. The summed E-state index contributed by atoms with van der Waals surface area (Å²) in [5, 5.41) is 25.2. The number of carboxylic acid groups (broad SMARTS) is 1. The summed E-state index contributed by atoms with van der Waals surface area (Å²) >= 11 is 3.93. The van der Waals surface area contributed by atoms with Gasteiger partial charge in [-0.15, -0.1) is 0 Å². The molecular weight excluding hydrogens is 430 g/mol. The Balaban J connectivity index is 2.80. The fraction of sp³-hybridized carbons (Fsp3) is 0.389. The van der Waals surface area contributed by atoms with Gasteiger partial charge in [-0.1, -0.05) is 12.1 Å². The molecule has 0 spiro atoms. The van der Waals surface area contributed by atoms with Crippen LogP contribution in [0.5, 0.6) is 5.75 Å². The van der Waals surface area contributed by atoms with Crippen molar-refractivity contribution >= 4 is 42.2 Å². The summed E-state index contributed by atoms with van der Waals surface area (Å²) < 4.78 is 0. The van der Waals surface area contributed by atoms with Gasteiger partial charge in [0.05, 0.1) is 19.0 Å². The third-order valence-corrected chi connectivity index (χ3v) is 4.40. The number of nitrogens with two attached hydrogens (primary N) is 2. The van der Waals surface area contributed by atoms with Gasteiger partial charge in [0.2, 0.25) is 23.6 Å². The van der Waals surface area contributed by atoms with E-state index >= 15 is 0 Å². The molecule has 0 aliphatic rings. The highest BCUT2D eigenvalue weighted by molar-refractivity contribution is 7.80. The molecular formula is C18H25N5O7S. The van der Waals surface area contributed by atoms with E-state index in [1.165, 1.54) is 12.1 Å². The van der Waals surface area contributed by atoms with Crippen LogP contribution in [0.25, 0.3) is 0 Å². The number of hydrogen-bond acceptors (Lipinski definition) is 8. The number of benzene rings is 1. The van der Waals surface area contributed by atoms with Crippen molar-refractivity contribution < 1.29 is 34.2 Å². The molecule has 0 bridgehead atoms. The summed E-state index contributed by atoms with van der Waals surface area (Å²) in [6.07, 6.45) is -0.589. The van der Waals surface area contributed by atoms with Crippen molar-refractivity contribution in [2.24, 2.45) is 11.5 Å². The van der Waals surface area contributed by atoms with Crippen molar-refractivity contribution in [2.75, 3.05) is 12.3 Å². The Hall–Kier alpha value is -3.32. The van der Waals surface area contributed by atoms with Crippen LogP contribution in [0.4, 0.5) is 0 Å². The van der Waals surface area contributed by atoms with Crippen molar-refractivity contribution in [2.45, 2.75) is 31.0 Å². The molecule has 0 radical (unpaired) electrons. The molecule has 1 rings (SSSR count). The number of nitrogens with one attached hydrogen (secondary N) is 3. The lowest BCUT2D eigenvalue weighted by Gasteiger charge is -2.20. The average molecular weight is 455 g/mol. The molecule has 12 nitrogen and oxygen atoms in total. The zero-order valence-electron chi connectivity index (χ0n) is 16.4. The number of hydrogen-bond donors (Lipinski definition) is 8. The number of aromatic hydroxyl groups is 1. The third kappa shape index (κ3) is 9.35. The Morgan fingerprint density at radius 1 is 1.00 bits per heavy atom. The highest BCUT2D eigenvalue weighted by atomic mass is 32.1. The Morgan fingerprint density at radius 2 is 1.61 bits per heavy atom. The zero-order chi connectivity index (χ0) is 23.6. The summed E-state index contributed by atoms with van der Waals surface area (Å²) in [6, 6.07) is 2.29. The predicted molar refractivity (Wildman–Crippen MR) is 112 cm³/mol. The topological polar surface area (TPSA) is 214 Å². The SMILES string of the molecule is NC(=O)CC(NC(=O)CNC(=O)C(Cc1ccc(O)cc1)NC(=O)C(N)CS)C(=O)O. The maximum Gasteiger partial charge on any atom is 0.326 e. The van der Waals surface area contributed by atoms with Crippen molar-refractivity contribution in [1.29, 1.82) is 0 Å². The number of aliphatic carboxylic acids is 1. The van der Waals surface area contributed by atoms with Crippen LogP contribution in [0.1, 0.15) is 12.0 Å². The summed E-state index contributed by atoms with van der Waals surface area (Å²) in [7, 11) is 0. The molecule has 170 valence electrons. The van der Waals surface area contributed by atoms with E-state index in [0.717, 1.165) is 0 Å². The monoisotopic (exact) mass is 455 g/mol. The largest absolute Gasteiger partial charge is 0.508 e. The van der Waals surface area contributed by atoms with Crippen LogP contribution in [-0.2, 0) is 30.4 Å². The number of carbonyl (C=O) groups is 5. The summed E-state index contributed by atoms with van der Waals surface area (Å²) in [6.45, 7) is -0.609. The smallest absolute Gasteiger partial charge is 0.326 e. The van der Waals surface area contributed by atoms with Gasteiger partial charge in [-0.25, -0.2) is 4.79 Å². The molecule has 0 saturated carbocycles. The van der Waals surface area contributed by atoms with Gasteiger partial charge in [-0.2, -0.15) is 12.6 Å². The summed E-state index contributed by atoms with van der Waals surface area (Å²) in [5.74, 6) is -4.56. The second-order valence-electron chi connectivity index (χ2n) is 6.57. The fourth-order valence-electron chi connectivity index (χ4n) is 2.38. The maximum absolute atomic E-state index is 12.6. The highest BCUT2D eigenvalue weighted by Gasteiger charge is 2.26. The fourth-order valence-corrected chi connectivity index (χ4v) is 2.54. The van der Waals surface area contributed by atoms with Gasteiger partial charge in [0.1, 0.15) is 17.8 Å². The number of phenolic OH excluding ortho intramolecular Hbond substituents is 1. The van der Waals surface area contributed by atoms with Crippen LogP contribution in [0.2, 0.25) is 0 Å². The van der Waals surface area contributed by atoms with Crippen LogP contribution < -0.4 is 27.4 Å². The van der Waals surface area contributed by atoms with Crippen molar-refractivity contribution in [3.05, 3.63) is 29.8 Å². The van der Waals surface area contributed by atoms with Crippen LogP contribution in [0.3, 0.4) is 0 Å². The Kier molecular flexibility index (Phi) is 10.3. The van der Waals surface area contributed by atoms with E-state index in [-0.39, 0.29) is 17.9 Å².